The Balaban J connectivity index is 1.80. The number of benzene rings is 2. The lowest BCUT2D eigenvalue weighted by atomic mass is 10.2. The van der Waals surface area contributed by atoms with Crippen molar-refractivity contribution in [2.75, 3.05) is 17.7 Å². The van der Waals surface area contributed by atoms with Gasteiger partial charge in [-0.3, -0.25) is 9.59 Å². The summed E-state index contributed by atoms with van der Waals surface area (Å²) in [4.78, 5) is 25.0. The molecule has 3 rings (SSSR count). The number of thioether (sulfide) groups is 1. The minimum absolute atomic E-state index is 0.000527. The first-order chi connectivity index (χ1) is 14.0. The zero-order valence-electron chi connectivity index (χ0n) is 15.7. The molecule has 2 aromatic rings. The molecule has 0 saturated heterocycles. The van der Waals surface area contributed by atoms with E-state index >= 15 is 0 Å². The van der Waals surface area contributed by atoms with Crippen LogP contribution in [-0.2, 0) is 16.1 Å². The molecule has 9 heteroatoms. The van der Waals surface area contributed by atoms with E-state index in [1.54, 1.807) is 25.1 Å². The fourth-order valence-electron chi connectivity index (χ4n) is 2.64. The highest BCUT2D eigenvalue weighted by atomic mass is 32.2. The maximum absolute atomic E-state index is 13.0. The fourth-order valence-corrected chi connectivity index (χ4v) is 3.45. The molecule has 2 aromatic carbocycles. The molecule has 29 heavy (non-hydrogen) atoms. The number of hydrogen-bond acceptors (Lipinski definition) is 6. The van der Waals surface area contributed by atoms with E-state index in [0.29, 0.717) is 29.4 Å². The number of hydrazone groups is 1. The van der Waals surface area contributed by atoms with Gasteiger partial charge in [0.1, 0.15) is 5.82 Å². The van der Waals surface area contributed by atoms with Gasteiger partial charge in [-0.1, -0.05) is 23.9 Å². The smallest absolute Gasteiger partial charge is 0.282 e. The molecular formula is C20H20FN3O4S. The van der Waals surface area contributed by atoms with Gasteiger partial charge in [0.15, 0.2) is 16.5 Å². The molecular weight excluding hydrogens is 397 g/mol. The van der Waals surface area contributed by atoms with Gasteiger partial charge in [-0.15, -0.1) is 0 Å². The van der Waals surface area contributed by atoms with Crippen LogP contribution in [0.3, 0.4) is 0 Å². The van der Waals surface area contributed by atoms with Crippen molar-refractivity contribution in [2.24, 2.45) is 5.10 Å². The summed E-state index contributed by atoms with van der Waals surface area (Å²) < 4.78 is 18.4. The number of nitrogens with zero attached hydrogens (tertiary/aromatic N) is 2. The van der Waals surface area contributed by atoms with E-state index in [9.17, 15) is 19.1 Å². The normalized spacial score (nSPS) is 14.2. The van der Waals surface area contributed by atoms with E-state index in [2.05, 4.69) is 10.4 Å². The summed E-state index contributed by atoms with van der Waals surface area (Å²) in [6, 6.07) is 10.4. The molecule has 0 unspecified atom stereocenters. The number of aromatic hydroxyl groups is 1. The van der Waals surface area contributed by atoms with Crippen LogP contribution < -0.4 is 10.1 Å². The number of ether oxygens (including phenoxy) is 1. The average molecular weight is 417 g/mol. The molecule has 1 aliphatic heterocycles. The quantitative estimate of drug-likeness (QED) is 0.752. The van der Waals surface area contributed by atoms with E-state index in [0.717, 1.165) is 11.8 Å². The first-order valence-electron chi connectivity index (χ1n) is 9.00. The van der Waals surface area contributed by atoms with Crippen LogP contribution in [0.4, 0.5) is 10.1 Å². The van der Waals surface area contributed by atoms with Crippen molar-refractivity contribution >= 4 is 34.3 Å². The lowest BCUT2D eigenvalue weighted by molar-refractivity contribution is -0.131. The zero-order valence-corrected chi connectivity index (χ0v) is 16.5. The standard InChI is InChI=1S/C20H20FN3O4S/c1-2-28-16-5-3-4-13(18(16)26)12-24-17(25)10-11-29-20(23-24)19(27)22-15-8-6-14(21)7-9-15/h3-9,26H,2,10-12H2,1H3,(H,22,27). The lowest BCUT2D eigenvalue weighted by Crippen LogP contribution is -2.27. The highest BCUT2D eigenvalue weighted by molar-refractivity contribution is 8.15. The third-order valence-corrected chi connectivity index (χ3v) is 5.00. The summed E-state index contributed by atoms with van der Waals surface area (Å²) in [6.07, 6.45) is 0.202. The van der Waals surface area contributed by atoms with Gasteiger partial charge in [-0.05, 0) is 37.3 Å². The average Bonchev–Trinajstić information content (AvgIpc) is 2.88. The SMILES string of the molecule is CCOc1cccc(CN2N=C(C(=O)Nc3ccc(F)cc3)SCCC2=O)c1O. The van der Waals surface area contributed by atoms with Crippen molar-refractivity contribution < 1.29 is 23.8 Å². The van der Waals surface area contributed by atoms with Gasteiger partial charge < -0.3 is 15.2 Å². The minimum atomic E-state index is -0.492. The Bertz CT molecular complexity index is 934. The van der Waals surface area contributed by atoms with Crippen molar-refractivity contribution in [1.29, 1.82) is 0 Å². The van der Waals surface area contributed by atoms with Gasteiger partial charge >= 0.3 is 0 Å². The number of phenolic OH excluding ortho intramolecular Hbond substituents is 1. The van der Waals surface area contributed by atoms with Crippen molar-refractivity contribution in [3.05, 3.63) is 53.8 Å². The summed E-state index contributed by atoms with van der Waals surface area (Å²) in [5.41, 5.74) is 0.877. The van der Waals surface area contributed by atoms with E-state index < -0.39 is 11.7 Å². The largest absolute Gasteiger partial charge is 0.504 e. The highest BCUT2D eigenvalue weighted by Gasteiger charge is 2.24. The fraction of sp³-hybridized carbons (Fsp3) is 0.250. The molecule has 0 atom stereocenters. The van der Waals surface area contributed by atoms with Crippen molar-refractivity contribution in [3.63, 3.8) is 0 Å². The Hall–Kier alpha value is -3.07. The molecule has 0 radical (unpaired) electrons. The molecule has 2 N–H and O–H groups in total. The number of hydrogen-bond donors (Lipinski definition) is 2. The number of phenols is 1. The molecule has 0 bridgehead atoms. The van der Waals surface area contributed by atoms with Crippen LogP contribution in [-0.4, -0.2) is 39.3 Å². The second-order valence-electron chi connectivity index (χ2n) is 6.11. The van der Waals surface area contributed by atoms with E-state index in [1.807, 2.05) is 0 Å². The molecule has 2 amide bonds. The van der Waals surface area contributed by atoms with Gasteiger partial charge in [-0.2, -0.15) is 5.10 Å². The van der Waals surface area contributed by atoms with Gasteiger partial charge in [0.25, 0.3) is 5.91 Å². The van der Waals surface area contributed by atoms with Crippen LogP contribution in [0.15, 0.2) is 47.6 Å². The predicted octanol–water partition coefficient (Wildman–Crippen LogP) is 3.35. The van der Waals surface area contributed by atoms with Gasteiger partial charge in [-0.25, -0.2) is 9.40 Å². The monoisotopic (exact) mass is 417 g/mol. The van der Waals surface area contributed by atoms with Crippen molar-refractivity contribution in [3.8, 4) is 11.5 Å². The molecule has 7 nitrogen and oxygen atoms in total. The summed E-state index contributed by atoms with van der Waals surface area (Å²) in [6.45, 7) is 2.19. The molecule has 0 aromatic heterocycles. The molecule has 1 aliphatic rings. The van der Waals surface area contributed by atoms with Gasteiger partial charge in [0.05, 0.1) is 13.2 Å². The third-order valence-electron chi connectivity index (χ3n) is 4.05. The second kappa shape index (κ2) is 9.42. The van der Waals surface area contributed by atoms with Crippen molar-refractivity contribution in [2.45, 2.75) is 19.9 Å². The van der Waals surface area contributed by atoms with Crippen LogP contribution in [0, 0.1) is 5.82 Å². The number of rotatable bonds is 6. The molecule has 0 saturated carbocycles. The number of halogens is 1. The molecule has 152 valence electrons. The summed E-state index contributed by atoms with van der Waals surface area (Å²) in [7, 11) is 0. The Morgan fingerprint density at radius 3 is 2.79 bits per heavy atom. The number of anilines is 1. The maximum Gasteiger partial charge on any atom is 0.282 e. The molecule has 0 aliphatic carbocycles. The first-order valence-corrected chi connectivity index (χ1v) is 9.99. The van der Waals surface area contributed by atoms with Crippen LogP contribution >= 0.6 is 11.8 Å². The number of nitrogens with one attached hydrogen (secondary N) is 1. The topological polar surface area (TPSA) is 91.2 Å². The number of carbonyl (C=O) groups excluding carboxylic acids is 2. The van der Waals surface area contributed by atoms with Crippen LogP contribution in [0.25, 0.3) is 0 Å². The Labute approximate surface area is 171 Å². The van der Waals surface area contributed by atoms with E-state index in [1.165, 1.54) is 29.3 Å². The summed E-state index contributed by atoms with van der Waals surface area (Å²) in [5.74, 6) is -0.505. The van der Waals surface area contributed by atoms with Crippen LogP contribution in [0.2, 0.25) is 0 Å². The highest BCUT2D eigenvalue weighted by Crippen LogP contribution is 2.31. The van der Waals surface area contributed by atoms with Crippen molar-refractivity contribution in [1.82, 2.24) is 5.01 Å². The van der Waals surface area contributed by atoms with Crippen LogP contribution in [0.1, 0.15) is 18.9 Å². The summed E-state index contributed by atoms with van der Waals surface area (Å²) >= 11 is 1.16. The van der Waals surface area contributed by atoms with E-state index in [-0.39, 0.29) is 29.7 Å². The third kappa shape index (κ3) is 5.26. The molecule has 1 heterocycles. The first kappa shape index (κ1) is 20.7. The Morgan fingerprint density at radius 2 is 2.07 bits per heavy atom. The second-order valence-corrected chi connectivity index (χ2v) is 7.20. The zero-order chi connectivity index (χ0) is 20.8. The Morgan fingerprint density at radius 1 is 1.31 bits per heavy atom. The summed E-state index contributed by atoms with van der Waals surface area (Å²) in [5, 5.41) is 18.5. The minimum Gasteiger partial charge on any atom is -0.504 e. The van der Waals surface area contributed by atoms with Gasteiger partial charge in [0.2, 0.25) is 5.91 Å². The van der Waals surface area contributed by atoms with E-state index in [4.69, 9.17) is 4.74 Å². The van der Waals surface area contributed by atoms with Gasteiger partial charge in [0, 0.05) is 23.4 Å². The maximum atomic E-state index is 13.0. The lowest BCUT2D eigenvalue weighted by Gasteiger charge is -2.18. The van der Waals surface area contributed by atoms with Crippen LogP contribution in [0.5, 0.6) is 11.5 Å². The molecule has 0 fully saturated rings. The number of carbonyl (C=O) groups is 2. The number of para-hydroxylation sites is 1. The Kier molecular flexibility index (Phi) is 6.71. The number of amides is 2. The molecule has 0 spiro atoms. The predicted molar refractivity (Wildman–Crippen MR) is 109 cm³/mol.